The highest BCUT2D eigenvalue weighted by molar-refractivity contribution is 8.27. The van der Waals surface area contributed by atoms with Crippen molar-refractivity contribution < 1.29 is 4.79 Å². The van der Waals surface area contributed by atoms with Gasteiger partial charge in [0, 0.05) is 22.8 Å². The number of amidine groups is 1. The Balaban J connectivity index is 1.68. The SMILES string of the molecule is N=C(N)SC(=N)CSCCc1nnc(NC(=O)Cc2cccs2)s1. The minimum Gasteiger partial charge on any atom is -0.378 e. The number of hydrogen-bond donors (Lipinski definition) is 4. The van der Waals surface area contributed by atoms with Crippen molar-refractivity contribution >= 4 is 67.4 Å². The van der Waals surface area contributed by atoms with Crippen molar-refractivity contribution in [1.82, 2.24) is 10.2 Å². The van der Waals surface area contributed by atoms with Crippen molar-refractivity contribution in [2.24, 2.45) is 5.73 Å². The van der Waals surface area contributed by atoms with E-state index in [-0.39, 0.29) is 11.1 Å². The average Bonchev–Trinajstić information content (AvgIpc) is 3.15. The molecule has 2 aromatic heterocycles. The van der Waals surface area contributed by atoms with Crippen LogP contribution in [0.15, 0.2) is 17.5 Å². The minimum atomic E-state index is -0.0933. The molecule has 0 aliphatic carbocycles. The number of thiophene rings is 1. The lowest BCUT2D eigenvalue weighted by Gasteiger charge is -2.01. The molecule has 2 aromatic rings. The van der Waals surface area contributed by atoms with Gasteiger partial charge in [-0.15, -0.1) is 21.5 Å². The number of rotatable bonds is 8. The third kappa shape index (κ3) is 6.99. The predicted molar refractivity (Wildman–Crippen MR) is 105 cm³/mol. The molecule has 0 aromatic carbocycles. The Morgan fingerprint density at radius 1 is 1.38 bits per heavy atom. The fourth-order valence-electron chi connectivity index (χ4n) is 1.63. The van der Waals surface area contributed by atoms with Crippen LogP contribution in [0.3, 0.4) is 0 Å². The van der Waals surface area contributed by atoms with Crippen LogP contribution in [0.25, 0.3) is 0 Å². The summed E-state index contributed by atoms with van der Waals surface area (Å²) in [7, 11) is 0. The molecule has 0 fully saturated rings. The number of aryl methyl sites for hydroxylation is 1. The van der Waals surface area contributed by atoms with E-state index in [1.54, 1.807) is 23.1 Å². The molecule has 0 radical (unpaired) electrons. The topological polar surface area (TPSA) is 129 Å². The van der Waals surface area contributed by atoms with E-state index in [9.17, 15) is 4.79 Å². The molecular formula is C13H16N6OS4. The van der Waals surface area contributed by atoms with Gasteiger partial charge in [0.05, 0.1) is 11.5 Å². The first kappa shape index (κ1) is 18.9. The third-order valence-electron chi connectivity index (χ3n) is 2.55. The van der Waals surface area contributed by atoms with E-state index in [1.165, 1.54) is 11.3 Å². The van der Waals surface area contributed by atoms with E-state index in [2.05, 4.69) is 15.5 Å². The molecule has 2 heterocycles. The zero-order valence-corrected chi connectivity index (χ0v) is 15.8. The monoisotopic (exact) mass is 400 g/mol. The maximum absolute atomic E-state index is 11.9. The molecule has 0 saturated carbocycles. The van der Waals surface area contributed by atoms with E-state index in [4.69, 9.17) is 16.6 Å². The summed E-state index contributed by atoms with van der Waals surface area (Å²) in [5, 5.41) is 29.1. The van der Waals surface area contributed by atoms with E-state index in [0.29, 0.717) is 22.3 Å². The molecular weight excluding hydrogens is 384 g/mol. The van der Waals surface area contributed by atoms with Crippen molar-refractivity contribution in [1.29, 1.82) is 10.8 Å². The molecule has 0 bridgehead atoms. The highest BCUT2D eigenvalue weighted by atomic mass is 32.2. The molecule has 11 heteroatoms. The number of carbonyl (C=O) groups is 1. The van der Waals surface area contributed by atoms with Crippen LogP contribution in [-0.2, 0) is 17.6 Å². The van der Waals surface area contributed by atoms with Crippen molar-refractivity contribution in [2.45, 2.75) is 12.8 Å². The molecule has 24 heavy (non-hydrogen) atoms. The molecule has 1 amide bonds. The predicted octanol–water partition coefficient (Wildman–Crippen LogP) is 2.66. The van der Waals surface area contributed by atoms with Crippen LogP contribution in [0.4, 0.5) is 5.13 Å². The van der Waals surface area contributed by atoms with E-state index in [1.807, 2.05) is 17.5 Å². The number of nitrogens with zero attached hydrogens (tertiary/aromatic N) is 2. The number of thioether (sulfide) groups is 2. The fraction of sp³-hybridized carbons (Fsp3) is 0.308. The summed E-state index contributed by atoms with van der Waals surface area (Å²) in [6, 6.07) is 3.84. The van der Waals surface area contributed by atoms with Gasteiger partial charge in [0.15, 0.2) is 5.17 Å². The molecule has 2 rings (SSSR count). The zero-order chi connectivity index (χ0) is 17.4. The standard InChI is InChI=1S/C13H16N6OS4/c14-9(23-12(15)16)7-21-5-3-11-18-19-13(24-11)17-10(20)6-8-2-1-4-22-8/h1-2,4,14H,3,5-7H2,(H3,15,16)(H,17,19,20). The van der Waals surface area contributed by atoms with Crippen molar-refractivity contribution in [3.8, 4) is 0 Å². The van der Waals surface area contributed by atoms with Crippen LogP contribution < -0.4 is 11.1 Å². The first-order valence-corrected chi connectivity index (χ1v) is 10.5. The molecule has 0 unspecified atom stereocenters. The average molecular weight is 401 g/mol. The number of nitrogens with two attached hydrogens (primary N) is 1. The van der Waals surface area contributed by atoms with Crippen molar-refractivity contribution in [2.75, 3.05) is 16.8 Å². The second-order valence-corrected chi connectivity index (χ2v) is 8.83. The molecule has 0 aliphatic heterocycles. The largest absolute Gasteiger partial charge is 0.378 e. The van der Waals surface area contributed by atoms with Gasteiger partial charge in [-0.05, 0) is 23.2 Å². The number of nitrogens with one attached hydrogen (secondary N) is 3. The zero-order valence-electron chi connectivity index (χ0n) is 12.6. The second kappa shape index (κ2) is 9.77. The maximum atomic E-state index is 11.9. The number of amides is 1. The Labute approximate surface area is 155 Å². The molecule has 0 aliphatic rings. The number of carbonyl (C=O) groups excluding carboxylic acids is 1. The Bertz CT molecular complexity index is 699. The summed E-state index contributed by atoms with van der Waals surface area (Å²) in [4.78, 5) is 12.9. The number of hydrogen-bond acceptors (Lipinski definition) is 9. The Morgan fingerprint density at radius 2 is 2.21 bits per heavy atom. The highest BCUT2D eigenvalue weighted by Gasteiger charge is 2.10. The second-order valence-electron chi connectivity index (χ2n) is 4.50. The third-order valence-corrected chi connectivity index (χ3v) is 6.11. The normalized spacial score (nSPS) is 10.5. The summed E-state index contributed by atoms with van der Waals surface area (Å²) in [6.07, 6.45) is 1.07. The summed E-state index contributed by atoms with van der Waals surface area (Å²) < 4.78 is 0. The summed E-state index contributed by atoms with van der Waals surface area (Å²) in [5.74, 6) is 1.22. The van der Waals surface area contributed by atoms with Crippen LogP contribution in [0.2, 0.25) is 0 Å². The van der Waals surface area contributed by atoms with Crippen LogP contribution in [0.5, 0.6) is 0 Å². The Kier molecular flexibility index (Phi) is 7.69. The summed E-state index contributed by atoms with van der Waals surface area (Å²) in [6.45, 7) is 0. The smallest absolute Gasteiger partial charge is 0.231 e. The van der Waals surface area contributed by atoms with Gasteiger partial charge in [-0.3, -0.25) is 15.6 Å². The molecule has 0 saturated heterocycles. The van der Waals surface area contributed by atoms with Gasteiger partial charge in [0.2, 0.25) is 11.0 Å². The minimum absolute atomic E-state index is 0.0624. The Hall–Kier alpha value is -1.43. The van der Waals surface area contributed by atoms with E-state index >= 15 is 0 Å². The molecule has 0 atom stereocenters. The first-order valence-electron chi connectivity index (χ1n) is 6.84. The number of anilines is 1. The summed E-state index contributed by atoms with van der Waals surface area (Å²) >= 11 is 5.46. The van der Waals surface area contributed by atoms with Gasteiger partial charge in [0.1, 0.15) is 5.01 Å². The highest BCUT2D eigenvalue weighted by Crippen LogP contribution is 2.19. The van der Waals surface area contributed by atoms with Gasteiger partial charge >= 0.3 is 0 Å². The fourth-order valence-corrected chi connectivity index (χ4v) is 4.63. The lowest BCUT2D eigenvalue weighted by atomic mass is 10.3. The van der Waals surface area contributed by atoms with Gasteiger partial charge in [0.25, 0.3) is 0 Å². The van der Waals surface area contributed by atoms with E-state index in [0.717, 1.165) is 33.8 Å². The van der Waals surface area contributed by atoms with Gasteiger partial charge in [-0.1, -0.05) is 17.4 Å². The van der Waals surface area contributed by atoms with Gasteiger partial charge in [-0.2, -0.15) is 11.8 Å². The molecule has 5 N–H and O–H groups in total. The first-order chi connectivity index (χ1) is 11.5. The van der Waals surface area contributed by atoms with Crippen LogP contribution in [0.1, 0.15) is 9.88 Å². The molecule has 128 valence electrons. The Morgan fingerprint density at radius 3 is 2.92 bits per heavy atom. The maximum Gasteiger partial charge on any atom is 0.231 e. The lowest BCUT2D eigenvalue weighted by molar-refractivity contribution is -0.115. The lowest BCUT2D eigenvalue weighted by Crippen LogP contribution is -2.13. The van der Waals surface area contributed by atoms with Crippen LogP contribution >= 0.6 is 46.2 Å². The number of aromatic nitrogens is 2. The van der Waals surface area contributed by atoms with E-state index < -0.39 is 0 Å². The van der Waals surface area contributed by atoms with Gasteiger partial charge < -0.3 is 11.1 Å². The van der Waals surface area contributed by atoms with Crippen LogP contribution in [-0.4, -0.2) is 37.8 Å². The molecule has 0 spiro atoms. The van der Waals surface area contributed by atoms with Crippen molar-refractivity contribution in [3.05, 3.63) is 27.4 Å². The van der Waals surface area contributed by atoms with Crippen LogP contribution in [0, 0.1) is 10.8 Å². The quantitative estimate of drug-likeness (QED) is 0.306. The van der Waals surface area contributed by atoms with Gasteiger partial charge in [-0.25, -0.2) is 0 Å². The molecule has 7 nitrogen and oxygen atoms in total. The summed E-state index contributed by atoms with van der Waals surface area (Å²) in [5.41, 5.74) is 5.22. The van der Waals surface area contributed by atoms with Crippen molar-refractivity contribution in [3.63, 3.8) is 0 Å².